The van der Waals surface area contributed by atoms with Crippen LogP contribution < -0.4 is 5.32 Å². The van der Waals surface area contributed by atoms with Crippen LogP contribution in [0.25, 0.3) is 103 Å². The predicted molar refractivity (Wildman–Crippen MR) is 297 cm³/mol. The van der Waals surface area contributed by atoms with Gasteiger partial charge in [0, 0.05) is 47.6 Å². The van der Waals surface area contributed by atoms with E-state index >= 15 is 0 Å². The summed E-state index contributed by atoms with van der Waals surface area (Å²) >= 11 is 1.85. The van der Waals surface area contributed by atoms with Crippen molar-refractivity contribution in [3.05, 3.63) is 259 Å². The van der Waals surface area contributed by atoms with Crippen LogP contribution in [-0.4, -0.2) is 16.2 Å². The van der Waals surface area contributed by atoms with Gasteiger partial charge in [-0.3, -0.25) is 0 Å². The van der Waals surface area contributed by atoms with Crippen LogP contribution in [0.4, 0.5) is 0 Å². The maximum atomic E-state index is 5.58. The molecular weight excluding hydrogens is 869 g/mol. The summed E-state index contributed by atoms with van der Waals surface area (Å²) in [6.45, 7) is 0. The summed E-state index contributed by atoms with van der Waals surface area (Å²) in [6.07, 6.45) is -0.472. The van der Waals surface area contributed by atoms with Gasteiger partial charge in [0.25, 0.3) is 0 Å². The minimum Gasteiger partial charge on any atom is -0.344 e. The highest BCUT2D eigenvalue weighted by atomic mass is 32.1. The van der Waals surface area contributed by atoms with Gasteiger partial charge in [0.2, 0.25) is 0 Å². The molecule has 0 fully saturated rings. The number of rotatable bonds is 7. The molecule has 328 valence electrons. The van der Waals surface area contributed by atoms with Crippen molar-refractivity contribution in [1.82, 2.24) is 9.88 Å². The number of benzene rings is 11. The van der Waals surface area contributed by atoms with Gasteiger partial charge < -0.3 is 9.88 Å². The molecule has 2 aromatic heterocycles. The van der Waals surface area contributed by atoms with E-state index in [1.807, 2.05) is 11.3 Å². The monoisotopic (exact) mass is 910 g/mol. The largest absolute Gasteiger partial charge is 0.344 e. The zero-order valence-corrected chi connectivity index (χ0v) is 38.7. The van der Waals surface area contributed by atoms with E-state index in [1.165, 1.54) is 63.5 Å². The highest BCUT2D eigenvalue weighted by molar-refractivity contribution is 7.25. The Morgan fingerprint density at radius 3 is 1.77 bits per heavy atom. The molecule has 0 saturated heterocycles. The molecule has 3 heterocycles. The van der Waals surface area contributed by atoms with E-state index in [9.17, 15) is 0 Å². The van der Waals surface area contributed by atoms with Gasteiger partial charge in [0.15, 0.2) is 5.84 Å². The first-order chi connectivity index (χ1) is 34.7. The molecule has 1 unspecified atom stereocenters. The van der Waals surface area contributed by atoms with E-state index in [1.54, 1.807) is 0 Å². The smallest absolute Gasteiger partial charge is 0.160 e. The molecule has 0 saturated carbocycles. The van der Waals surface area contributed by atoms with E-state index in [0.29, 0.717) is 5.84 Å². The minimum atomic E-state index is -0.472. The SMILES string of the molecule is c1ccc(-c2ccccc2C2=NC(c3ccc(-n4c5cc6ccccc6cc5c5c6ccccc6ccc54)c(-c4ccc5sc6ccccc6c5c4)c3)NC(c3ccccc3-c3ccccc3)=N2)cc1. The lowest BCUT2D eigenvalue weighted by Gasteiger charge is -2.26. The molecule has 14 rings (SSSR count). The lowest BCUT2D eigenvalue weighted by Crippen LogP contribution is -2.34. The molecule has 1 atom stereocenters. The van der Waals surface area contributed by atoms with Crippen molar-refractivity contribution in [2.75, 3.05) is 0 Å². The van der Waals surface area contributed by atoms with Gasteiger partial charge in [-0.2, -0.15) is 0 Å². The average Bonchev–Trinajstić information content (AvgIpc) is 3.97. The van der Waals surface area contributed by atoms with Crippen molar-refractivity contribution in [1.29, 1.82) is 0 Å². The maximum Gasteiger partial charge on any atom is 0.160 e. The molecular formula is C65H42N4S. The van der Waals surface area contributed by atoms with Gasteiger partial charge in [-0.15, -0.1) is 11.3 Å². The molecule has 70 heavy (non-hydrogen) atoms. The fourth-order valence-corrected chi connectivity index (χ4v) is 11.8. The molecule has 0 radical (unpaired) electrons. The lowest BCUT2D eigenvalue weighted by molar-refractivity contribution is 0.674. The van der Waals surface area contributed by atoms with Crippen molar-refractivity contribution in [3.63, 3.8) is 0 Å². The van der Waals surface area contributed by atoms with Gasteiger partial charge in [-0.1, -0.05) is 194 Å². The highest BCUT2D eigenvalue weighted by Gasteiger charge is 2.27. The summed E-state index contributed by atoms with van der Waals surface area (Å²) in [6, 6.07) is 87.8. The van der Waals surface area contributed by atoms with Crippen LogP contribution in [0.2, 0.25) is 0 Å². The Hall–Kier alpha value is -8.90. The van der Waals surface area contributed by atoms with Gasteiger partial charge in [0.1, 0.15) is 12.0 Å². The molecule has 0 bridgehead atoms. The van der Waals surface area contributed by atoms with Crippen molar-refractivity contribution in [2.45, 2.75) is 6.17 Å². The molecule has 0 aliphatic carbocycles. The Morgan fingerprint density at radius 1 is 0.386 bits per heavy atom. The van der Waals surface area contributed by atoms with Gasteiger partial charge in [-0.25, -0.2) is 9.98 Å². The first kappa shape index (κ1) is 40.2. The number of hydrogen-bond donors (Lipinski definition) is 1. The Morgan fingerprint density at radius 2 is 1.00 bits per heavy atom. The number of thiophene rings is 1. The molecule has 11 aromatic carbocycles. The number of aromatic nitrogens is 1. The van der Waals surface area contributed by atoms with Crippen molar-refractivity contribution >= 4 is 86.5 Å². The molecule has 5 heteroatoms. The number of aliphatic imine (C=N–C) groups is 2. The van der Waals surface area contributed by atoms with Crippen LogP contribution in [0, 0.1) is 0 Å². The highest BCUT2D eigenvalue weighted by Crippen LogP contribution is 2.44. The van der Waals surface area contributed by atoms with Crippen LogP contribution in [-0.2, 0) is 0 Å². The molecule has 1 aliphatic rings. The molecule has 4 nitrogen and oxygen atoms in total. The Labute approximate surface area is 408 Å². The summed E-state index contributed by atoms with van der Waals surface area (Å²) in [4.78, 5) is 11.0. The summed E-state index contributed by atoms with van der Waals surface area (Å²) in [7, 11) is 0. The second-order valence-corrected chi connectivity index (χ2v) is 19.2. The number of nitrogens with zero attached hydrogens (tertiary/aromatic N) is 3. The summed E-state index contributed by atoms with van der Waals surface area (Å²) < 4.78 is 5.06. The molecule has 13 aromatic rings. The predicted octanol–water partition coefficient (Wildman–Crippen LogP) is 17.0. The van der Waals surface area contributed by atoms with Crippen LogP contribution in [0.1, 0.15) is 22.9 Å². The molecule has 1 N–H and O–H groups in total. The number of amidine groups is 2. The fourth-order valence-electron chi connectivity index (χ4n) is 10.8. The summed E-state index contributed by atoms with van der Waals surface area (Å²) in [5, 5.41) is 13.8. The van der Waals surface area contributed by atoms with E-state index in [0.717, 1.165) is 61.6 Å². The van der Waals surface area contributed by atoms with Gasteiger partial charge in [-0.05, 0) is 103 Å². The number of nitrogens with one attached hydrogen (secondary N) is 1. The van der Waals surface area contributed by atoms with E-state index in [-0.39, 0.29) is 0 Å². The zero-order valence-electron chi connectivity index (χ0n) is 37.9. The first-order valence-electron chi connectivity index (χ1n) is 23.8. The Kier molecular flexibility index (Phi) is 9.42. The first-order valence-corrected chi connectivity index (χ1v) is 24.7. The minimum absolute atomic E-state index is 0.472. The van der Waals surface area contributed by atoms with Crippen LogP contribution in [0.3, 0.4) is 0 Å². The Balaban J connectivity index is 1.03. The van der Waals surface area contributed by atoms with Crippen LogP contribution in [0.5, 0.6) is 0 Å². The summed E-state index contributed by atoms with van der Waals surface area (Å²) in [5.74, 6) is 1.45. The average molecular weight is 911 g/mol. The second-order valence-electron chi connectivity index (χ2n) is 18.1. The van der Waals surface area contributed by atoms with Crippen LogP contribution >= 0.6 is 11.3 Å². The number of fused-ring (bicyclic) bond motifs is 9. The second kappa shape index (κ2) is 16.4. The quantitative estimate of drug-likeness (QED) is 0.170. The standard InChI is InChI=1S/C65H42N4S/c1-3-17-41(18-4-1)48-24-11-13-28-52(48)64-66-63(67-65(68-64)53-29-14-12-25-49(53)42-19-5-2-6-20-42)47-32-34-57(54(39-47)46-33-36-61-55(38-46)51-27-15-16-30-60(51)70-61)69-58-35-31-43-21-9-10-26-50(43)62(58)56-37-44-22-7-8-23-45(44)40-59(56)69/h1-40,63H,(H,66,67,68). The molecule has 0 amide bonds. The Bertz CT molecular complexity index is 4280. The molecule has 0 spiro atoms. The topological polar surface area (TPSA) is 41.7 Å². The normalized spacial score (nSPS) is 13.9. The van der Waals surface area contributed by atoms with Crippen LogP contribution in [0.15, 0.2) is 253 Å². The third-order valence-electron chi connectivity index (χ3n) is 14.0. The van der Waals surface area contributed by atoms with Crippen molar-refractivity contribution in [3.8, 4) is 39.1 Å². The van der Waals surface area contributed by atoms with E-state index in [4.69, 9.17) is 9.98 Å². The maximum absolute atomic E-state index is 5.58. The zero-order chi connectivity index (χ0) is 46.1. The molecule has 1 aliphatic heterocycles. The third kappa shape index (κ3) is 6.66. The van der Waals surface area contributed by atoms with E-state index in [2.05, 4.69) is 253 Å². The van der Waals surface area contributed by atoms with Gasteiger partial charge >= 0.3 is 0 Å². The lowest BCUT2D eigenvalue weighted by atomic mass is 9.95. The third-order valence-corrected chi connectivity index (χ3v) is 15.2. The van der Waals surface area contributed by atoms with Crippen molar-refractivity contribution < 1.29 is 0 Å². The van der Waals surface area contributed by atoms with Gasteiger partial charge in [0.05, 0.1) is 16.7 Å². The van der Waals surface area contributed by atoms with Crippen molar-refractivity contribution in [2.24, 2.45) is 9.98 Å². The number of hydrogen-bond acceptors (Lipinski definition) is 4. The van der Waals surface area contributed by atoms with E-state index < -0.39 is 6.17 Å². The summed E-state index contributed by atoms with van der Waals surface area (Å²) in [5.41, 5.74) is 13.2. The fraction of sp³-hybridized carbons (Fsp3) is 0.0154.